The number of carbonyl (C=O) groups is 1. The maximum atomic E-state index is 12.6. The number of fused-ring (bicyclic) bond motifs is 2. The summed E-state index contributed by atoms with van der Waals surface area (Å²) in [6, 6.07) is 13.5. The number of hydrogen-bond donors (Lipinski definition) is 1. The van der Waals surface area contributed by atoms with Gasteiger partial charge in [-0.25, -0.2) is 0 Å². The summed E-state index contributed by atoms with van der Waals surface area (Å²) in [5, 5.41) is 0.929. The molecule has 0 saturated carbocycles. The predicted molar refractivity (Wildman–Crippen MR) is 93.7 cm³/mol. The summed E-state index contributed by atoms with van der Waals surface area (Å²) in [7, 11) is 0. The summed E-state index contributed by atoms with van der Waals surface area (Å²) < 4.78 is 11.5. The average molecular weight is 319 g/mol. The Kier molecular flexibility index (Phi) is 3.79. The molecule has 24 heavy (non-hydrogen) atoms. The highest BCUT2D eigenvalue weighted by Gasteiger charge is 2.14. The van der Waals surface area contributed by atoms with Gasteiger partial charge in [0.25, 0.3) is 0 Å². The zero-order chi connectivity index (χ0) is 16.4. The highest BCUT2D eigenvalue weighted by atomic mass is 16.5. The highest BCUT2D eigenvalue weighted by Crippen LogP contribution is 2.34. The molecule has 4 nitrogen and oxygen atoms in total. The Morgan fingerprint density at radius 3 is 2.88 bits per heavy atom. The van der Waals surface area contributed by atoms with Gasteiger partial charge in [0.1, 0.15) is 0 Å². The van der Waals surface area contributed by atoms with Crippen molar-refractivity contribution in [3.05, 3.63) is 65.9 Å². The van der Waals surface area contributed by atoms with E-state index in [9.17, 15) is 4.79 Å². The fourth-order valence-electron chi connectivity index (χ4n) is 2.88. The molecule has 4 rings (SSSR count). The van der Waals surface area contributed by atoms with Crippen LogP contribution in [0.15, 0.2) is 54.7 Å². The van der Waals surface area contributed by atoms with Crippen molar-refractivity contribution in [2.45, 2.75) is 6.42 Å². The number of H-pyrrole nitrogens is 1. The Morgan fingerprint density at radius 2 is 1.92 bits per heavy atom. The Bertz CT molecular complexity index is 924. The van der Waals surface area contributed by atoms with E-state index in [2.05, 4.69) is 4.98 Å². The minimum Gasteiger partial charge on any atom is -0.490 e. The molecule has 3 aromatic rings. The molecule has 0 fully saturated rings. The van der Waals surface area contributed by atoms with E-state index in [0.717, 1.165) is 28.6 Å². The van der Waals surface area contributed by atoms with E-state index in [1.807, 2.05) is 42.5 Å². The second-order valence-electron chi connectivity index (χ2n) is 5.67. The lowest BCUT2D eigenvalue weighted by Crippen LogP contribution is -1.98. The molecule has 0 bridgehead atoms. The maximum Gasteiger partial charge on any atom is 0.188 e. The van der Waals surface area contributed by atoms with Gasteiger partial charge in [-0.1, -0.05) is 30.3 Å². The number of nitrogens with one attached hydrogen (secondary N) is 1. The Balaban J connectivity index is 1.65. The molecule has 4 heteroatoms. The van der Waals surface area contributed by atoms with E-state index >= 15 is 0 Å². The van der Waals surface area contributed by atoms with Gasteiger partial charge >= 0.3 is 0 Å². The smallest absolute Gasteiger partial charge is 0.188 e. The van der Waals surface area contributed by atoms with Gasteiger partial charge in [-0.3, -0.25) is 4.79 Å². The van der Waals surface area contributed by atoms with E-state index in [4.69, 9.17) is 9.47 Å². The molecule has 0 unspecified atom stereocenters. The Labute approximate surface area is 139 Å². The molecule has 1 aromatic heterocycles. The topological polar surface area (TPSA) is 51.3 Å². The summed E-state index contributed by atoms with van der Waals surface area (Å²) in [4.78, 5) is 15.7. The van der Waals surface area contributed by atoms with Gasteiger partial charge in [0.2, 0.25) is 0 Å². The van der Waals surface area contributed by atoms with Crippen LogP contribution in [-0.4, -0.2) is 24.0 Å². The van der Waals surface area contributed by atoms with Gasteiger partial charge < -0.3 is 14.5 Å². The molecular weight excluding hydrogens is 302 g/mol. The number of benzene rings is 2. The number of ether oxygens (including phenoxy) is 2. The third kappa shape index (κ3) is 2.67. The number of aromatic nitrogens is 1. The number of allylic oxidation sites excluding steroid dienone is 1. The number of ketones is 1. The highest BCUT2D eigenvalue weighted by molar-refractivity contribution is 6.14. The van der Waals surface area contributed by atoms with Crippen LogP contribution < -0.4 is 9.47 Å². The zero-order valence-electron chi connectivity index (χ0n) is 13.1. The summed E-state index contributed by atoms with van der Waals surface area (Å²) in [5.74, 6) is 1.40. The minimum absolute atomic E-state index is 0.0420. The van der Waals surface area contributed by atoms with Crippen molar-refractivity contribution in [2.75, 3.05) is 13.2 Å². The van der Waals surface area contributed by atoms with Crippen LogP contribution in [0.25, 0.3) is 17.0 Å². The van der Waals surface area contributed by atoms with E-state index in [1.54, 1.807) is 18.3 Å². The molecule has 0 spiro atoms. The van der Waals surface area contributed by atoms with Crippen molar-refractivity contribution >= 4 is 22.8 Å². The van der Waals surface area contributed by atoms with Gasteiger partial charge in [0.05, 0.1) is 13.2 Å². The van der Waals surface area contributed by atoms with Crippen LogP contribution in [0.4, 0.5) is 0 Å². The van der Waals surface area contributed by atoms with Crippen molar-refractivity contribution in [3.63, 3.8) is 0 Å². The number of para-hydroxylation sites is 2. The number of hydrogen-bond acceptors (Lipinski definition) is 3. The van der Waals surface area contributed by atoms with Crippen molar-refractivity contribution in [3.8, 4) is 11.5 Å². The first-order valence-corrected chi connectivity index (χ1v) is 8.00. The lowest BCUT2D eigenvalue weighted by Gasteiger charge is -2.09. The second-order valence-corrected chi connectivity index (χ2v) is 5.67. The second kappa shape index (κ2) is 6.24. The molecule has 0 atom stereocenters. The van der Waals surface area contributed by atoms with E-state index in [-0.39, 0.29) is 5.78 Å². The third-order valence-corrected chi connectivity index (χ3v) is 4.07. The van der Waals surface area contributed by atoms with Gasteiger partial charge in [0.15, 0.2) is 17.3 Å². The standard InChI is InChI=1S/C20H17NO3/c22-18(16-13-21-17-7-2-1-6-15(16)17)10-9-14-5-3-8-19-20(14)24-12-4-11-23-19/h1-3,5-10,13,21H,4,11-12H2/b10-9+. The van der Waals surface area contributed by atoms with E-state index < -0.39 is 0 Å². The molecule has 0 saturated heterocycles. The molecule has 0 radical (unpaired) electrons. The predicted octanol–water partition coefficient (Wildman–Crippen LogP) is 4.23. The van der Waals surface area contributed by atoms with Crippen LogP contribution in [0.5, 0.6) is 11.5 Å². The molecule has 120 valence electrons. The quantitative estimate of drug-likeness (QED) is 0.581. The summed E-state index contributed by atoms with van der Waals surface area (Å²) >= 11 is 0. The first-order valence-electron chi connectivity index (χ1n) is 8.00. The molecule has 1 N–H and O–H groups in total. The first kappa shape index (κ1) is 14.6. The lowest BCUT2D eigenvalue weighted by molar-refractivity contribution is 0.104. The molecule has 2 aromatic carbocycles. The maximum absolute atomic E-state index is 12.6. The van der Waals surface area contributed by atoms with Crippen molar-refractivity contribution in [1.29, 1.82) is 0 Å². The average Bonchev–Trinajstić information content (AvgIpc) is 2.89. The van der Waals surface area contributed by atoms with Crippen molar-refractivity contribution in [1.82, 2.24) is 4.98 Å². The van der Waals surface area contributed by atoms with Gasteiger partial charge in [-0.15, -0.1) is 0 Å². The SMILES string of the molecule is O=C(/C=C/c1cccc2c1OCCCO2)c1c[nH]c2ccccc12. The number of rotatable bonds is 3. The van der Waals surface area contributed by atoms with Crippen LogP contribution in [0, 0.1) is 0 Å². The third-order valence-electron chi connectivity index (χ3n) is 4.07. The van der Waals surface area contributed by atoms with E-state index in [0.29, 0.717) is 24.5 Å². The Hall–Kier alpha value is -3.01. The van der Waals surface area contributed by atoms with Crippen LogP contribution >= 0.6 is 0 Å². The molecule has 0 aliphatic carbocycles. The van der Waals surface area contributed by atoms with Gasteiger partial charge in [-0.05, 0) is 24.3 Å². The molecule has 1 aliphatic rings. The fourth-order valence-corrected chi connectivity index (χ4v) is 2.88. The van der Waals surface area contributed by atoms with Crippen LogP contribution in [-0.2, 0) is 0 Å². The van der Waals surface area contributed by atoms with Crippen molar-refractivity contribution in [2.24, 2.45) is 0 Å². The first-order chi connectivity index (χ1) is 11.8. The lowest BCUT2D eigenvalue weighted by atomic mass is 10.1. The van der Waals surface area contributed by atoms with Gasteiger partial charge in [0, 0.05) is 34.6 Å². The summed E-state index contributed by atoms with van der Waals surface area (Å²) in [6.07, 6.45) is 5.98. The largest absolute Gasteiger partial charge is 0.490 e. The number of aromatic amines is 1. The minimum atomic E-state index is -0.0420. The monoisotopic (exact) mass is 319 g/mol. The van der Waals surface area contributed by atoms with Crippen LogP contribution in [0.1, 0.15) is 22.3 Å². The molecule has 0 amide bonds. The summed E-state index contributed by atoms with van der Waals surface area (Å²) in [6.45, 7) is 1.27. The van der Waals surface area contributed by atoms with E-state index in [1.165, 1.54) is 0 Å². The number of carbonyl (C=O) groups excluding carboxylic acids is 1. The normalized spacial score (nSPS) is 14.0. The Morgan fingerprint density at radius 1 is 1.04 bits per heavy atom. The summed E-state index contributed by atoms with van der Waals surface area (Å²) in [5.41, 5.74) is 2.48. The fraction of sp³-hybridized carbons (Fsp3) is 0.150. The van der Waals surface area contributed by atoms with Crippen LogP contribution in [0.3, 0.4) is 0 Å². The molecular formula is C20H17NO3. The molecule has 1 aliphatic heterocycles. The molecule has 2 heterocycles. The van der Waals surface area contributed by atoms with Crippen molar-refractivity contribution < 1.29 is 14.3 Å². The van der Waals surface area contributed by atoms with Gasteiger partial charge in [-0.2, -0.15) is 0 Å². The van der Waals surface area contributed by atoms with Crippen LogP contribution in [0.2, 0.25) is 0 Å². The zero-order valence-corrected chi connectivity index (χ0v) is 13.1.